The Kier molecular flexibility index (Phi) is 6.17. The topological polar surface area (TPSA) is 73.2 Å². The van der Waals surface area contributed by atoms with Crippen LogP contribution in [-0.2, 0) is 22.8 Å². The largest absolute Gasteiger partial charge is 0.504 e. The zero-order valence-electron chi connectivity index (χ0n) is 22.8. The average molecular weight is 555 g/mol. The van der Waals surface area contributed by atoms with Crippen LogP contribution in [0.15, 0.2) is 36.4 Å². The first-order chi connectivity index (χ1) is 18.9. The maximum Gasteiger partial charge on any atom is 0.416 e. The van der Waals surface area contributed by atoms with E-state index in [1.165, 1.54) is 12.1 Å². The molecule has 9 heteroatoms. The van der Waals surface area contributed by atoms with Crippen molar-refractivity contribution in [3.63, 3.8) is 0 Å². The van der Waals surface area contributed by atoms with Gasteiger partial charge in [0.05, 0.1) is 22.6 Å². The zero-order valence-corrected chi connectivity index (χ0v) is 22.8. The quantitative estimate of drug-likeness (QED) is 0.560. The smallest absolute Gasteiger partial charge is 0.416 e. The number of aromatic hydroxyl groups is 1. The van der Waals surface area contributed by atoms with Gasteiger partial charge in [-0.2, -0.15) is 13.2 Å². The monoisotopic (exact) mass is 554 g/mol. The number of carbonyl (C=O) groups excluding carboxylic acids is 1. The summed E-state index contributed by atoms with van der Waals surface area (Å²) in [5.41, 5.74) is -0.379. The van der Waals surface area contributed by atoms with Crippen LogP contribution in [0.3, 0.4) is 0 Å². The van der Waals surface area contributed by atoms with E-state index in [1.54, 1.807) is 11.0 Å². The van der Waals surface area contributed by atoms with Crippen molar-refractivity contribution in [2.24, 2.45) is 5.92 Å². The molecule has 2 heterocycles. The van der Waals surface area contributed by atoms with Gasteiger partial charge < -0.3 is 24.7 Å². The number of ether oxygens (including phenoxy) is 1. The van der Waals surface area contributed by atoms with Crippen LogP contribution in [0.1, 0.15) is 55.4 Å². The number of phenols is 1. The first-order valence-electron chi connectivity index (χ1n) is 13.8. The molecule has 0 aromatic heterocycles. The lowest BCUT2D eigenvalue weighted by molar-refractivity contribution is -0.197. The Morgan fingerprint density at radius 2 is 1.93 bits per heavy atom. The van der Waals surface area contributed by atoms with Crippen LogP contribution in [0.4, 0.5) is 13.2 Å². The van der Waals surface area contributed by atoms with Gasteiger partial charge in [-0.1, -0.05) is 25.8 Å². The second kappa shape index (κ2) is 9.15. The molecule has 6 nitrogen and oxygen atoms in total. The molecule has 1 amide bonds. The van der Waals surface area contributed by atoms with E-state index >= 15 is 0 Å². The summed E-state index contributed by atoms with van der Waals surface area (Å²) in [7, 11) is 2.03. The van der Waals surface area contributed by atoms with E-state index in [0.29, 0.717) is 43.5 Å². The summed E-state index contributed by atoms with van der Waals surface area (Å²) in [5, 5.41) is 23.2. The summed E-state index contributed by atoms with van der Waals surface area (Å²) < 4.78 is 45.4. The van der Waals surface area contributed by atoms with Crippen molar-refractivity contribution in [2.75, 3.05) is 20.1 Å². The number of rotatable bonds is 3. The van der Waals surface area contributed by atoms with Gasteiger partial charge in [-0.05, 0) is 81.1 Å². The van der Waals surface area contributed by atoms with Gasteiger partial charge in [0.1, 0.15) is 6.10 Å². The molecule has 5 atom stereocenters. The molecule has 2 N–H and O–H groups in total. The molecule has 1 saturated carbocycles. The summed E-state index contributed by atoms with van der Waals surface area (Å²) in [6.07, 6.45) is -2.77. The van der Waals surface area contributed by atoms with Gasteiger partial charge in [-0.3, -0.25) is 4.79 Å². The second-order valence-electron chi connectivity index (χ2n) is 12.1. The van der Waals surface area contributed by atoms with E-state index in [0.717, 1.165) is 29.8 Å². The minimum absolute atomic E-state index is 0.0323. The maximum atomic E-state index is 13.7. The SMILES string of the molecule is CC(C)CN(C(=O)C#Cc1ccc(C(F)(F)F)cc1)[C@H]1CC[C@@]2(O)[C@H]3Cc4ccc(O)c5c4[C@@]2(CCN3C)[C@H]1O5. The third-order valence-corrected chi connectivity index (χ3v) is 9.45. The molecule has 1 saturated heterocycles. The first kappa shape index (κ1) is 27.0. The highest BCUT2D eigenvalue weighted by atomic mass is 19.4. The highest BCUT2D eigenvalue weighted by Gasteiger charge is 2.73. The minimum Gasteiger partial charge on any atom is -0.504 e. The number of halogens is 3. The molecule has 4 aliphatic rings. The summed E-state index contributed by atoms with van der Waals surface area (Å²) in [6, 6.07) is 7.48. The van der Waals surface area contributed by atoms with E-state index < -0.39 is 40.8 Å². The predicted octanol–water partition coefficient (Wildman–Crippen LogP) is 4.10. The lowest BCUT2D eigenvalue weighted by Crippen LogP contribution is -2.78. The van der Waals surface area contributed by atoms with E-state index in [2.05, 4.69) is 16.7 Å². The lowest BCUT2D eigenvalue weighted by Gasteiger charge is -2.64. The van der Waals surface area contributed by atoms with E-state index in [-0.39, 0.29) is 17.7 Å². The van der Waals surface area contributed by atoms with Crippen molar-refractivity contribution in [2.45, 2.75) is 74.9 Å². The Morgan fingerprint density at radius 3 is 2.60 bits per heavy atom. The minimum atomic E-state index is -4.45. The number of phenolic OH excluding ortho intramolecular Hbond substituents is 1. The molecule has 2 aliphatic heterocycles. The van der Waals surface area contributed by atoms with Crippen molar-refractivity contribution < 1.29 is 32.9 Å². The number of hydrogen-bond acceptors (Lipinski definition) is 5. The van der Waals surface area contributed by atoms with Gasteiger partial charge in [0, 0.05) is 29.6 Å². The van der Waals surface area contributed by atoms with Gasteiger partial charge in [-0.15, -0.1) is 0 Å². The second-order valence-corrected chi connectivity index (χ2v) is 12.1. The van der Waals surface area contributed by atoms with Crippen LogP contribution in [-0.4, -0.2) is 69.8 Å². The molecule has 0 radical (unpaired) electrons. The molecule has 6 rings (SSSR count). The molecule has 2 aliphatic carbocycles. The van der Waals surface area contributed by atoms with Crippen molar-refractivity contribution in [1.82, 2.24) is 9.80 Å². The summed E-state index contributed by atoms with van der Waals surface area (Å²) in [4.78, 5) is 17.6. The standard InChI is InChI=1S/C31H33F3N2O4/c1-18(2)17-36(25(38)11-6-19-4-8-21(9-5-19)31(32,33)34)22-12-13-30(39)24-16-20-7-10-23(37)27-26(20)29(30,28(22)40-27)14-15-35(24)3/h4-5,7-10,18,22,24,28,37,39H,12-17H2,1-3H3/t22-,24+,28-,29-,30+/m0/s1. The van der Waals surface area contributed by atoms with Crippen molar-refractivity contribution in [3.8, 4) is 23.3 Å². The number of nitrogens with zero attached hydrogens (tertiary/aromatic N) is 2. The fraction of sp³-hybridized carbons (Fsp3) is 0.516. The number of benzene rings is 2. The Bertz CT molecular complexity index is 1410. The molecule has 2 bridgehead atoms. The number of piperidine rings is 1. The normalized spacial score (nSPS) is 30.2. The third kappa shape index (κ3) is 3.83. The molecular weight excluding hydrogens is 521 g/mol. The molecule has 2 fully saturated rings. The zero-order chi connectivity index (χ0) is 28.6. The van der Waals surface area contributed by atoms with Crippen LogP contribution in [0, 0.1) is 17.8 Å². The molecule has 40 heavy (non-hydrogen) atoms. The van der Waals surface area contributed by atoms with Gasteiger partial charge in [-0.25, -0.2) is 0 Å². The number of amides is 1. The van der Waals surface area contributed by atoms with Gasteiger partial charge in [0.25, 0.3) is 5.91 Å². The number of alkyl halides is 3. The van der Waals surface area contributed by atoms with E-state index in [9.17, 15) is 28.2 Å². The molecule has 2 aromatic carbocycles. The van der Waals surface area contributed by atoms with Crippen LogP contribution in [0.2, 0.25) is 0 Å². The number of aliphatic hydroxyl groups is 1. The molecular formula is C31H33F3N2O4. The fourth-order valence-corrected chi connectivity index (χ4v) is 7.75. The number of likely N-dealkylation sites (N-methyl/N-ethyl adjacent to an activating group) is 1. The summed E-state index contributed by atoms with van der Waals surface area (Å²) >= 11 is 0. The highest BCUT2D eigenvalue weighted by molar-refractivity contribution is 5.94. The molecule has 0 unspecified atom stereocenters. The van der Waals surface area contributed by atoms with Crippen LogP contribution >= 0.6 is 0 Å². The van der Waals surface area contributed by atoms with Crippen LogP contribution in [0.25, 0.3) is 0 Å². The Morgan fingerprint density at radius 1 is 1.20 bits per heavy atom. The molecule has 1 spiro atoms. The van der Waals surface area contributed by atoms with Crippen LogP contribution in [0.5, 0.6) is 11.5 Å². The first-order valence-corrected chi connectivity index (χ1v) is 13.8. The van der Waals surface area contributed by atoms with Crippen molar-refractivity contribution in [3.05, 3.63) is 58.7 Å². The number of hydrogen-bond donors (Lipinski definition) is 2. The Hall–Kier alpha value is -3.22. The van der Waals surface area contributed by atoms with Gasteiger partial charge in [0.15, 0.2) is 11.5 Å². The molecule has 2 aromatic rings. The number of carbonyl (C=O) groups is 1. The average Bonchev–Trinajstić information content (AvgIpc) is 3.25. The summed E-state index contributed by atoms with van der Waals surface area (Å²) in [5.74, 6) is 5.51. The van der Waals surface area contributed by atoms with Crippen LogP contribution < -0.4 is 4.74 Å². The van der Waals surface area contributed by atoms with Gasteiger partial charge >= 0.3 is 6.18 Å². The lowest BCUT2D eigenvalue weighted by atomic mass is 9.48. The maximum absolute atomic E-state index is 13.7. The third-order valence-electron chi connectivity index (χ3n) is 9.45. The number of likely N-dealkylation sites (tertiary alicyclic amines) is 1. The fourth-order valence-electron chi connectivity index (χ4n) is 7.75. The Balaban J connectivity index is 1.38. The van der Waals surface area contributed by atoms with Crippen molar-refractivity contribution >= 4 is 5.91 Å². The highest BCUT2D eigenvalue weighted by Crippen LogP contribution is 2.65. The van der Waals surface area contributed by atoms with E-state index in [1.807, 2.05) is 27.0 Å². The summed E-state index contributed by atoms with van der Waals surface area (Å²) in [6.45, 7) is 5.15. The van der Waals surface area contributed by atoms with Crippen molar-refractivity contribution in [1.29, 1.82) is 0 Å². The molecule has 212 valence electrons. The Labute approximate surface area is 231 Å². The van der Waals surface area contributed by atoms with E-state index in [4.69, 9.17) is 4.74 Å². The predicted molar refractivity (Wildman–Crippen MR) is 142 cm³/mol. The van der Waals surface area contributed by atoms with Gasteiger partial charge in [0.2, 0.25) is 0 Å².